The molecular formula is C12H11N3O5. The van der Waals surface area contributed by atoms with Crippen LogP contribution < -0.4 is 5.32 Å². The van der Waals surface area contributed by atoms with E-state index in [0.717, 1.165) is 11.0 Å². The number of nitrogens with one attached hydrogen (secondary N) is 1. The van der Waals surface area contributed by atoms with Crippen molar-refractivity contribution in [3.8, 4) is 0 Å². The van der Waals surface area contributed by atoms with E-state index >= 15 is 0 Å². The number of carboxylic acids is 1. The van der Waals surface area contributed by atoms with Gasteiger partial charge >= 0.3 is 5.97 Å². The first-order valence-electron chi connectivity index (χ1n) is 5.74. The maximum atomic E-state index is 12.2. The number of rotatable bonds is 2. The lowest BCUT2D eigenvalue weighted by Crippen LogP contribution is -2.58. The number of aromatic nitrogens is 1. The molecule has 2 N–H and O–H groups in total. The lowest BCUT2D eigenvalue weighted by Gasteiger charge is -2.31. The highest BCUT2D eigenvalue weighted by molar-refractivity contribution is 6.07. The predicted octanol–water partition coefficient (Wildman–Crippen LogP) is -0.733. The molecule has 1 saturated heterocycles. The van der Waals surface area contributed by atoms with E-state index in [2.05, 4.69) is 10.3 Å². The summed E-state index contributed by atoms with van der Waals surface area (Å²) in [6.45, 7) is 1.23. The molecule has 20 heavy (non-hydrogen) atoms. The van der Waals surface area contributed by atoms with Crippen molar-refractivity contribution in [2.24, 2.45) is 0 Å². The standard InChI is InChI=1S/C12H11N3O5/c1-6-10(17)14-9(16)5-15(6)11(18)7-2-3-13-8(4-7)12(19)20/h2-4,6H,5H2,1H3,(H,19,20)(H,14,16,17). The van der Waals surface area contributed by atoms with Crippen LogP contribution in [-0.2, 0) is 9.59 Å². The number of nitrogens with zero attached hydrogens (tertiary/aromatic N) is 2. The summed E-state index contributed by atoms with van der Waals surface area (Å²) in [7, 11) is 0. The normalized spacial score (nSPS) is 18.6. The van der Waals surface area contributed by atoms with Crippen LogP contribution in [0, 0.1) is 0 Å². The third kappa shape index (κ3) is 2.48. The fourth-order valence-electron chi connectivity index (χ4n) is 1.81. The van der Waals surface area contributed by atoms with E-state index in [0.29, 0.717) is 0 Å². The minimum atomic E-state index is -1.26. The number of pyridine rings is 1. The van der Waals surface area contributed by atoms with E-state index < -0.39 is 29.7 Å². The van der Waals surface area contributed by atoms with Crippen LogP contribution in [0.1, 0.15) is 27.8 Å². The summed E-state index contributed by atoms with van der Waals surface area (Å²) >= 11 is 0. The van der Waals surface area contributed by atoms with Crippen molar-refractivity contribution in [3.63, 3.8) is 0 Å². The van der Waals surface area contributed by atoms with Gasteiger partial charge in [0.25, 0.3) is 5.91 Å². The molecule has 3 amide bonds. The molecule has 2 heterocycles. The fourth-order valence-corrected chi connectivity index (χ4v) is 1.81. The topological polar surface area (TPSA) is 117 Å². The molecule has 0 aliphatic carbocycles. The van der Waals surface area contributed by atoms with E-state index in [9.17, 15) is 19.2 Å². The second-order valence-corrected chi connectivity index (χ2v) is 4.26. The Labute approximate surface area is 113 Å². The SMILES string of the molecule is CC1C(=O)NC(=O)CN1C(=O)c1ccnc(C(=O)O)c1. The Kier molecular flexibility index (Phi) is 3.47. The number of hydrogen-bond acceptors (Lipinski definition) is 5. The summed E-state index contributed by atoms with van der Waals surface area (Å²) in [6, 6.07) is 1.63. The van der Waals surface area contributed by atoms with Crippen molar-refractivity contribution < 1.29 is 24.3 Å². The molecule has 1 fully saturated rings. The molecule has 104 valence electrons. The molecule has 8 heteroatoms. The molecule has 0 aromatic carbocycles. The van der Waals surface area contributed by atoms with Gasteiger partial charge in [-0.1, -0.05) is 0 Å². The summed E-state index contributed by atoms with van der Waals surface area (Å²) in [5, 5.41) is 10.9. The molecule has 0 bridgehead atoms. The summed E-state index contributed by atoms with van der Waals surface area (Å²) < 4.78 is 0. The quantitative estimate of drug-likeness (QED) is 0.688. The molecule has 8 nitrogen and oxygen atoms in total. The van der Waals surface area contributed by atoms with Crippen LogP contribution in [0.3, 0.4) is 0 Å². The number of imide groups is 1. The summed E-state index contributed by atoms with van der Waals surface area (Å²) in [6.07, 6.45) is 1.19. The van der Waals surface area contributed by atoms with Gasteiger partial charge in [-0.05, 0) is 19.1 Å². The van der Waals surface area contributed by atoms with Gasteiger partial charge in [-0.15, -0.1) is 0 Å². The molecule has 1 aliphatic rings. The molecular weight excluding hydrogens is 266 g/mol. The van der Waals surface area contributed by atoms with E-state index in [-0.39, 0.29) is 17.8 Å². The van der Waals surface area contributed by atoms with Crippen molar-refractivity contribution >= 4 is 23.7 Å². The van der Waals surface area contributed by atoms with Crippen LogP contribution in [0.2, 0.25) is 0 Å². The van der Waals surface area contributed by atoms with E-state index in [1.165, 1.54) is 19.2 Å². The van der Waals surface area contributed by atoms with Crippen molar-refractivity contribution in [2.45, 2.75) is 13.0 Å². The third-order valence-electron chi connectivity index (χ3n) is 2.91. The molecule has 1 aromatic rings. The van der Waals surface area contributed by atoms with Gasteiger partial charge in [0.05, 0.1) is 0 Å². The zero-order valence-corrected chi connectivity index (χ0v) is 10.5. The van der Waals surface area contributed by atoms with E-state index in [1.807, 2.05) is 0 Å². The number of hydrogen-bond donors (Lipinski definition) is 2. The maximum absolute atomic E-state index is 12.2. The van der Waals surface area contributed by atoms with Gasteiger partial charge in [0.15, 0.2) is 0 Å². The lowest BCUT2D eigenvalue weighted by molar-refractivity contribution is -0.138. The molecule has 0 spiro atoms. The highest BCUT2D eigenvalue weighted by Gasteiger charge is 2.34. The highest BCUT2D eigenvalue weighted by atomic mass is 16.4. The Balaban J connectivity index is 2.30. The number of carbonyl (C=O) groups is 4. The van der Waals surface area contributed by atoms with Crippen LogP contribution in [0.4, 0.5) is 0 Å². The first-order valence-corrected chi connectivity index (χ1v) is 5.74. The van der Waals surface area contributed by atoms with E-state index in [1.54, 1.807) is 0 Å². The van der Waals surface area contributed by atoms with Crippen molar-refractivity contribution in [1.82, 2.24) is 15.2 Å². The molecule has 1 aromatic heterocycles. The first kappa shape index (κ1) is 13.7. The van der Waals surface area contributed by atoms with Gasteiger partial charge in [0, 0.05) is 11.8 Å². The number of aromatic carboxylic acids is 1. The average molecular weight is 277 g/mol. The Morgan fingerprint density at radius 1 is 1.45 bits per heavy atom. The molecule has 0 radical (unpaired) electrons. The van der Waals surface area contributed by atoms with Crippen molar-refractivity contribution in [1.29, 1.82) is 0 Å². The summed E-state index contributed by atoms with van der Waals surface area (Å²) in [5.74, 6) is -3.00. The molecule has 0 saturated carbocycles. The smallest absolute Gasteiger partial charge is 0.354 e. The minimum Gasteiger partial charge on any atom is -0.477 e. The van der Waals surface area contributed by atoms with Gasteiger partial charge in [-0.3, -0.25) is 19.7 Å². The third-order valence-corrected chi connectivity index (χ3v) is 2.91. The van der Waals surface area contributed by atoms with Crippen LogP contribution >= 0.6 is 0 Å². The van der Waals surface area contributed by atoms with Crippen LogP contribution in [0.15, 0.2) is 18.3 Å². The predicted molar refractivity (Wildman–Crippen MR) is 64.8 cm³/mol. The molecule has 1 aliphatic heterocycles. The van der Waals surface area contributed by atoms with Gasteiger partial charge in [0.1, 0.15) is 18.3 Å². The lowest BCUT2D eigenvalue weighted by atomic mass is 10.1. The largest absolute Gasteiger partial charge is 0.477 e. The number of carbonyl (C=O) groups excluding carboxylic acids is 3. The van der Waals surface area contributed by atoms with Gasteiger partial charge in [-0.25, -0.2) is 9.78 Å². The van der Waals surface area contributed by atoms with Crippen molar-refractivity contribution in [3.05, 3.63) is 29.6 Å². The Bertz CT molecular complexity index is 613. The summed E-state index contributed by atoms with van der Waals surface area (Å²) in [4.78, 5) is 50.5. The fraction of sp³-hybridized carbons (Fsp3) is 0.250. The maximum Gasteiger partial charge on any atom is 0.354 e. The summed E-state index contributed by atoms with van der Waals surface area (Å²) in [5.41, 5.74) is -0.219. The van der Waals surface area contributed by atoms with Crippen molar-refractivity contribution in [2.75, 3.05) is 6.54 Å². The second kappa shape index (κ2) is 5.08. The Morgan fingerprint density at radius 3 is 2.80 bits per heavy atom. The zero-order valence-electron chi connectivity index (χ0n) is 10.5. The Hall–Kier alpha value is -2.77. The average Bonchev–Trinajstić information content (AvgIpc) is 2.42. The Morgan fingerprint density at radius 2 is 2.15 bits per heavy atom. The number of amides is 3. The van der Waals surface area contributed by atoms with Crippen LogP contribution in [0.25, 0.3) is 0 Å². The number of piperazine rings is 1. The van der Waals surface area contributed by atoms with Gasteiger partial charge in [0.2, 0.25) is 11.8 Å². The first-order chi connectivity index (χ1) is 9.40. The minimum absolute atomic E-state index is 0.0618. The second-order valence-electron chi connectivity index (χ2n) is 4.26. The van der Waals surface area contributed by atoms with Crippen LogP contribution in [-0.4, -0.2) is 51.3 Å². The molecule has 2 rings (SSSR count). The van der Waals surface area contributed by atoms with E-state index in [4.69, 9.17) is 5.11 Å². The zero-order chi connectivity index (χ0) is 14.9. The van der Waals surface area contributed by atoms with Gasteiger partial charge in [-0.2, -0.15) is 0 Å². The van der Waals surface area contributed by atoms with Crippen LogP contribution in [0.5, 0.6) is 0 Å². The monoisotopic (exact) mass is 277 g/mol. The molecule has 1 unspecified atom stereocenters. The number of carboxylic acid groups (broad SMARTS) is 1. The molecule has 1 atom stereocenters. The van der Waals surface area contributed by atoms with Gasteiger partial charge < -0.3 is 10.0 Å². The highest BCUT2D eigenvalue weighted by Crippen LogP contribution is 2.12.